The summed E-state index contributed by atoms with van der Waals surface area (Å²) >= 11 is 0. The number of nitrogens with zero attached hydrogens (tertiary/aromatic N) is 1. The molecule has 7 nitrogen and oxygen atoms in total. The first-order valence-corrected chi connectivity index (χ1v) is 9.96. The van der Waals surface area contributed by atoms with Crippen LogP contribution in [-0.2, 0) is 21.1 Å². The molecule has 0 N–H and O–H groups in total. The second-order valence-corrected chi connectivity index (χ2v) is 8.18. The first-order chi connectivity index (χ1) is 11.8. The van der Waals surface area contributed by atoms with Crippen LogP contribution in [0.15, 0.2) is 12.1 Å². The quantitative estimate of drug-likeness (QED) is 0.718. The van der Waals surface area contributed by atoms with E-state index in [0.29, 0.717) is 30.2 Å². The van der Waals surface area contributed by atoms with Gasteiger partial charge in [-0.25, -0.2) is 8.42 Å². The maximum atomic E-state index is 12.7. The third kappa shape index (κ3) is 4.36. The molecule has 1 aliphatic heterocycles. The normalized spacial score (nSPS) is 18.6. The van der Waals surface area contributed by atoms with Crippen molar-refractivity contribution in [3.63, 3.8) is 0 Å². The van der Waals surface area contributed by atoms with Crippen molar-refractivity contribution in [2.75, 3.05) is 39.4 Å². The molecule has 140 valence electrons. The van der Waals surface area contributed by atoms with Crippen LogP contribution in [0, 0.1) is 0 Å². The number of likely N-dealkylation sites (N-methyl/N-ethyl adjacent to an activating group) is 1. The van der Waals surface area contributed by atoms with Crippen molar-refractivity contribution < 1.29 is 27.4 Å². The summed E-state index contributed by atoms with van der Waals surface area (Å²) in [5, 5.41) is 0. The number of sulfone groups is 1. The molecule has 0 aliphatic carbocycles. The molecule has 0 saturated carbocycles. The second kappa shape index (κ2) is 7.95. The van der Waals surface area contributed by atoms with E-state index in [9.17, 15) is 13.2 Å². The molecule has 1 saturated heterocycles. The topological polar surface area (TPSA) is 82.1 Å². The highest BCUT2D eigenvalue weighted by molar-refractivity contribution is 7.91. The van der Waals surface area contributed by atoms with Gasteiger partial charge in [0.05, 0.1) is 39.3 Å². The minimum atomic E-state index is -3.04. The van der Waals surface area contributed by atoms with E-state index in [1.165, 1.54) is 21.3 Å². The van der Waals surface area contributed by atoms with Gasteiger partial charge in [-0.15, -0.1) is 0 Å². The zero-order chi connectivity index (χ0) is 18.6. The van der Waals surface area contributed by atoms with Crippen LogP contribution >= 0.6 is 0 Å². The molecule has 1 aliphatic rings. The molecule has 0 spiro atoms. The van der Waals surface area contributed by atoms with E-state index in [1.807, 2.05) is 6.92 Å². The van der Waals surface area contributed by atoms with Gasteiger partial charge in [0.2, 0.25) is 11.7 Å². The third-order valence-corrected chi connectivity index (χ3v) is 6.14. The van der Waals surface area contributed by atoms with E-state index in [0.717, 1.165) is 5.56 Å². The summed E-state index contributed by atoms with van der Waals surface area (Å²) < 4.78 is 39.3. The molecule has 1 atom stereocenters. The molecule has 1 aromatic carbocycles. The SMILES string of the molecule is CCN(C(=O)Cc1cc(OC)c(OC)c(OC)c1)[C@H]1CCS(=O)(=O)C1. The lowest BCUT2D eigenvalue weighted by molar-refractivity contribution is -0.132. The molecule has 0 aromatic heterocycles. The highest BCUT2D eigenvalue weighted by Crippen LogP contribution is 2.38. The van der Waals surface area contributed by atoms with Gasteiger partial charge in [0, 0.05) is 12.6 Å². The molecular weight excluding hydrogens is 346 g/mol. The Morgan fingerprint density at radius 1 is 1.16 bits per heavy atom. The van der Waals surface area contributed by atoms with Crippen molar-refractivity contribution in [1.82, 2.24) is 4.90 Å². The molecule has 8 heteroatoms. The molecule has 0 radical (unpaired) electrons. The number of benzene rings is 1. The average Bonchev–Trinajstić information content (AvgIpc) is 2.94. The monoisotopic (exact) mass is 371 g/mol. The minimum absolute atomic E-state index is 0.0435. The summed E-state index contributed by atoms with van der Waals surface area (Å²) in [6.07, 6.45) is 0.637. The van der Waals surface area contributed by atoms with Crippen molar-refractivity contribution >= 4 is 15.7 Å². The largest absolute Gasteiger partial charge is 0.493 e. The van der Waals surface area contributed by atoms with Gasteiger partial charge in [0.1, 0.15) is 0 Å². The summed E-state index contributed by atoms with van der Waals surface area (Å²) in [4.78, 5) is 14.4. The first-order valence-electron chi connectivity index (χ1n) is 8.14. The van der Waals surface area contributed by atoms with Crippen LogP contribution in [0.1, 0.15) is 18.9 Å². The van der Waals surface area contributed by atoms with Crippen LogP contribution < -0.4 is 14.2 Å². The molecule has 0 bridgehead atoms. The summed E-state index contributed by atoms with van der Waals surface area (Å²) in [5.74, 6) is 1.51. The van der Waals surface area contributed by atoms with Crippen molar-refractivity contribution in [1.29, 1.82) is 0 Å². The van der Waals surface area contributed by atoms with Crippen molar-refractivity contribution in [2.45, 2.75) is 25.8 Å². The predicted molar refractivity (Wildman–Crippen MR) is 94.2 cm³/mol. The first kappa shape index (κ1) is 19.4. The predicted octanol–water partition coefficient (Wildman–Crippen LogP) is 1.29. The van der Waals surface area contributed by atoms with Gasteiger partial charge in [-0.3, -0.25) is 4.79 Å². The van der Waals surface area contributed by atoms with Gasteiger partial charge in [-0.05, 0) is 31.0 Å². The lowest BCUT2D eigenvalue weighted by atomic mass is 10.1. The van der Waals surface area contributed by atoms with E-state index >= 15 is 0 Å². The Labute approximate surface area is 148 Å². The molecule has 1 amide bonds. The Kier molecular flexibility index (Phi) is 6.16. The summed E-state index contributed by atoms with van der Waals surface area (Å²) in [6.45, 7) is 2.33. The van der Waals surface area contributed by atoms with E-state index in [4.69, 9.17) is 14.2 Å². The molecule has 1 heterocycles. The fraction of sp³-hybridized carbons (Fsp3) is 0.588. The number of carbonyl (C=O) groups is 1. The maximum absolute atomic E-state index is 12.7. The third-order valence-electron chi connectivity index (χ3n) is 4.39. The lowest BCUT2D eigenvalue weighted by Crippen LogP contribution is -2.41. The van der Waals surface area contributed by atoms with E-state index in [1.54, 1.807) is 17.0 Å². The maximum Gasteiger partial charge on any atom is 0.227 e. The number of methoxy groups -OCH3 is 3. The number of rotatable bonds is 7. The Balaban J connectivity index is 2.21. The van der Waals surface area contributed by atoms with Gasteiger partial charge in [0.25, 0.3) is 0 Å². The molecular formula is C17H25NO6S. The van der Waals surface area contributed by atoms with Crippen molar-refractivity contribution in [2.24, 2.45) is 0 Å². The minimum Gasteiger partial charge on any atom is -0.493 e. The summed E-state index contributed by atoms with van der Waals surface area (Å²) in [6, 6.07) is 3.22. The summed E-state index contributed by atoms with van der Waals surface area (Å²) in [7, 11) is 1.52. The van der Waals surface area contributed by atoms with Crippen LogP contribution in [0.3, 0.4) is 0 Å². The van der Waals surface area contributed by atoms with Gasteiger partial charge in [-0.2, -0.15) is 0 Å². The Morgan fingerprint density at radius 2 is 1.76 bits per heavy atom. The zero-order valence-corrected chi connectivity index (χ0v) is 15.9. The van der Waals surface area contributed by atoms with E-state index in [-0.39, 0.29) is 29.9 Å². The van der Waals surface area contributed by atoms with Gasteiger partial charge >= 0.3 is 0 Å². The van der Waals surface area contributed by atoms with E-state index in [2.05, 4.69) is 0 Å². The summed E-state index contributed by atoms with van der Waals surface area (Å²) in [5.41, 5.74) is 0.721. The fourth-order valence-electron chi connectivity index (χ4n) is 3.17. The van der Waals surface area contributed by atoms with Crippen LogP contribution in [0.5, 0.6) is 17.2 Å². The second-order valence-electron chi connectivity index (χ2n) is 5.95. The zero-order valence-electron chi connectivity index (χ0n) is 15.1. The van der Waals surface area contributed by atoms with Crippen molar-refractivity contribution in [3.8, 4) is 17.2 Å². The smallest absolute Gasteiger partial charge is 0.227 e. The highest BCUT2D eigenvalue weighted by atomic mass is 32.2. The molecule has 2 rings (SSSR count). The van der Waals surface area contributed by atoms with Gasteiger partial charge in [-0.1, -0.05) is 0 Å². The molecule has 1 fully saturated rings. The van der Waals surface area contributed by atoms with Crippen LogP contribution in [0.4, 0.5) is 0 Å². The fourth-order valence-corrected chi connectivity index (χ4v) is 4.90. The number of ether oxygens (including phenoxy) is 3. The highest BCUT2D eigenvalue weighted by Gasteiger charge is 2.33. The Morgan fingerprint density at radius 3 is 2.16 bits per heavy atom. The van der Waals surface area contributed by atoms with Crippen LogP contribution in [0.2, 0.25) is 0 Å². The molecule has 1 aromatic rings. The van der Waals surface area contributed by atoms with Crippen LogP contribution in [0.25, 0.3) is 0 Å². The van der Waals surface area contributed by atoms with Crippen LogP contribution in [-0.4, -0.2) is 64.6 Å². The number of hydrogen-bond acceptors (Lipinski definition) is 6. The van der Waals surface area contributed by atoms with Gasteiger partial charge < -0.3 is 19.1 Å². The number of hydrogen-bond donors (Lipinski definition) is 0. The van der Waals surface area contributed by atoms with Gasteiger partial charge in [0.15, 0.2) is 21.3 Å². The number of amides is 1. The Bertz CT molecular complexity index is 706. The molecule has 25 heavy (non-hydrogen) atoms. The lowest BCUT2D eigenvalue weighted by Gasteiger charge is -2.27. The molecule has 0 unspecified atom stereocenters. The average molecular weight is 371 g/mol. The number of carbonyl (C=O) groups excluding carboxylic acids is 1. The Hall–Kier alpha value is -1.96. The standard InChI is InChI=1S/C17H25NO6S/c1-5-18(13-6-7-25(20,21)11-13)16(19)10-12-8-14(22-2)17(24-4)15(9-12)23-3/h8-9,13H,5-7,10-11H2,1-4H3/t13-/m0/s1. The van der Waals surface area contributed by atoms with Crippen molar-refractivity contribution in [3.05, 3.63) is 17.7 Å². The van der Waals surface area contributed by atoms with E-state index < -0.39 is 9.84 Å².